The summed E-state index contributed by atoms with van der Waals surface area (Å²) in [5.74, 6) is 2.90. The Morgan fingerprint density at radius 3 is 2.33 bits per heavy atom. The fraction of sp³-hybridized carbons (Fsp3) is 0.286. The SMILES string of the molecule is COc1cc(OCC(=O)N/N=C/c2ccc(Br)c(Br)c2)cc2c1CCC(c1cc(OC)c(OC)c(OC)c1)O2. The van der Waals surface area contributed by atoms with E-state index in [1.54, 1.807) is 46.8 Å². The molecule has 1 unspecified atom stereocenters. The lowest BCUT2D eigenvalue weighted by Crippen LogP contribution is -2.24. The van der Waals surface area contributed by atoms with Crippen molar-refractivity contribution in [2.75, 3.05) is 35.0 Å². The van der Waals surface area contributed by atoms with Crippen LogP contribution in [-0.4, -0.2) is 47.2 Å². The molecular weight excluding hydrogens is 636 g/mol. The number of nitrogens with zero attached hydrogens (tertiary/aromatic N) is 1. The number of benzene rings is 3. The zero-order valence-corrected chi connectivity index (χ0v) is 25.1. The van der Waals surface area contributed by atoms with Gasteiger partial charge in [0.25, 0.3) is 5.91 Å². The van der Waals surface area contributed by atoms with Gasteiger partial charge in [0.05, 0.1) is 34.7 Å². The summed E-state index contributed by atoms with van der Waals surface area (Å²) >= 11 is 6.86. The molecule has 9 nitrogen and oxygen atoms in total. The third-order valence-electron chi connectivity index (χ3n) is 6.06. The Labute approximate surface area is 243 Å². The molecule has 0 spiro atoms. The molecule has 1 aliphatic rings. The van der Waals surface area contributed by atoms with Gasteiger partial charge in [0, 0.05) is 26.6 Å². The predicted octanol–water partition coefficient (Wildman–Crippen LogP) is 5.84. The average Bonchev–Trinajstić information content (AvgIpc) is 2.96. The molecule has 206 valence electrons. The third kappa shape index (κ3) is 6.77. The first kappa shape index (κ1) is 28.6. The van der Waals surface area contributed by atoms with Crippen molar-refractivity contribution in [2.45, 2.75) is 18.9 Å². The van der Waals surface area contributed by atoms with Crippen LogP contribution in [0.25, 0.3) is 0 Å². The van der Waals surface area contributed by atoms with Gasteiger partial charge < -0.3 is 28.4 Å². The minimum atomic E-state index is -0.407. The van der Waals surface area contributed by atoms with Gasteiger partial charge in [0.15, 0.2) is 18.1 Å². The van der Waals surface area contributed by atoms with Gasteiger partial charge in [-0.15, -0.1) is 0 Å². The van der Waals surface area contributed by atoms with E-state index in [9.17, 15) is 4.79 Å². The number of rotatable bonds is 10. The van der Waals surface area contributed by atoms with Gasteiger partial charge in [-0.25, -0.2) is 5.43 Å². The number of ether oxygens (including phenoxy) is 6. The van der Waals surface area contributed by atoms with Crippen molar-refractivity contribution in [1.29, 1.82) is 0 Å². The molecule has 0 bridgehead atoms. The number of fused-ring (bicyclic) bond motifs is 1. The molecular formula is C28H28Br2N2O7. The lowest BCUT2D eigenvalue weighted by Gasteiger charge is -2.29. The second-order valence-corrected chi connectivity index (χ2v) is 10.2. The first-order valence-electron chi connectivity index (χ1n) is 11.9. The van der Waals surface area contributed by atoms with Crippen LogP contribution in [0, 0.1) is 0 Å². The Balaban J connectivity index is 1.45. The lowest BCUT2D eigenvalue weighted by molar-refractivity contribution is -0.123. The summed E-state index contributed by atoms with van der Waals surface area (Å²) < 4.78 is 35.9. The van der Waals surface area contributed by atoms with Gasteiger partial charge in [-0.1, -0.05) is 6.07 Å². The van der Waals surface area contributed by atoms with Gasteiger partial charge in [-0.2, -0.15) is 5.10 Å². The topological polar surface area (TPSA) is 96.8 Å². The van der Waals surface area contributed by atoms with E-state index in [0.29, 0.717) is 34.5 Å². The standard InChI is InChI=1S/C28H28Br2N2O7/c1-34-23-12-18(38-15-27(33)32-31-14-16-5-7-20(29)21(30)9-16)13-24-19(23)6-8-22(39-24)17-10-25(35-2)28(37-4)26(11-17)36-3/h5,7,9-14,22H,6,8,15H2,1-4H3,(H,32,33)/b31-14+. The van der Waals surface area contributed by atoms with Crippen LogP contribution < -0.4 is 33.8 Å². The largest absolute Gasteiger partial charge is 0.496 e. The van der Waals surface area contributed by atoms with Crippen LogP contribution in [0.4, 0.5) is 0 Å². The lowest BCUT2D eigenvalue weighted by atomic mass is 9.96. The molecule has 0 fully saturated rings. The average molecular weight is 664 g/mol. The number of hydrogen-bond acceptors (Lipinski definition) is 8. The molecule has 0 aliphatic carbocycles. The van der Waals surface area contributed by atoms with Crippen molar-refractivity contribution in [3.8, 4) is 34.5 Å². The molecule has 4 rings (SSSR count). The molecule has 1 amide bonds. The highest BCUT2D eigenvalue weighted by atomic mass is 79.9. The van der Waals surface area contributed by atoms with Crippen LogP contribution >= 0.6 is 31.9 Å². The monoisotopic (exact) mass is 662 g/mol. The van der Waals surface area contributed by atoms with E-state index in [-0.39, 0.29) is 12.7 Å². The number of hydrazone groups is 1. The van der Waals surface area contributed by atoms with Gasteiger partial charge in [0.1, 0.15) is 23.4 Å². The van der Waals surface area contributed by atoms with Crippen LogP contribution in [0.1, 0.15) is 29.2 Å². The summed E-state index contributed by atoms with van der Waals surface area (Å²) in [5.41, 5.74) is 5.11. The van der Waals surface area contributed by atoms with E-state index < -0.39 is 5.91 Å². The minimum Gasteiger partial charge on any atom is -0.496 e. The highest BCUT2D eigenvalue weighted by molar-refractivity contribution is 9.13. The van der Waals surface area contributed by atoms with Crippen molar-refractivity contribution in [1.82, 2.24) is 5.43 Å². The number of nitrogens with one attached hydrogen (secondary N) is 1. The van der Waals surface area contributed by atoms with E-state index in [1.807, 2.05) is 30.3 Å². The number of carbonyl (C=O) groups excluding carboxylic acids is 1. The molecule has 1 atom stereocenters. The zero-order valence-electron chi connectivity index (χ0n) is 21.9. The first-order valence-corrected chi connectivity index (χ1v) is 13.5. The fourth-order valence-electron chi connectivity index (χ4n) is 4.17. The fourth-order valence-corrected chi connectivity index (χ4v) is 4.82. The van der Waals surface area contributed by atoms with Gasteiger partial charge >= 0.3 is 0 Å². The van der Waals surface area contributed by atoms with Crippen LogP contribution in [0.15, 0.2) is 56.5 Å². The Morgan fingerprint density at radius 2 is 1.69 bits per heavy atom. The summed E-state index contributed by atoms with van der Waals surface area (Å²) in [6.45, 7) is -0.236. The van der Waals surface area contributed by atoms with Crippen molar-refractivity contribution in [2.24, 2.45) is 5.10 Å². The van der Waals surface area contributed by atoms with Crippen LogP contribution in [0.3, 0.4) is 0 Å². The van der Waals surface area contributed by atoms with E-state index >= 15 is 0 Å². The van der Waals surface area contributed by atoms with Gasteiger partial charge in [-0.3, -0.25) is 4.79 Å². The predicted molar refractivity (Wildman–Crippen MR) is 154 cm³/mol. The maximum Gasteiger partial charge on any atom is 0.277 e. The molecule has 1 aliphatic heterocycles. The normalized spacial score (nSPS) is 14.3. The Hall–Kier alpha value is -3.44. The highest BCUT2D eigenvalue weighted by Gasteiger charge is 2.27. The summed E-state index contributed by atoms with van der Waals surface area (Å²) in [6.07, 6.45) is 2.73. The first-order chi connectivity index (χ1) is 18.9. The molecule has 0 saturated carbocycles. The summed E-state index contributed by atoms with van der Waals surface area (Å²) in [4.78, 5) is 12.3. The van der Waals surface area contributed by atoms with Gasteiger partial charge in [0.2, 0.25) is 5.75 Å². The molecule has 0 radical (unpaired) electrons. The molecule has 3 aromatic carbocycles. The second-order valence-electron chi connectivity index (χ2n) is 8.46. The number of methoxy groups -OCH3 is 4. The smallest absolute Gasteiger partial charge is 0.277 e. The van der Waals surface area contributed by atoms with Gasteiger partial charge in [-0.05, 0) is 80.1 Å². The summed E-state index contributed by atoms with van der Waals surface area (Å²) in [7, 11) is 6.31. The summed E-state index contributed by atoms with van der Waals surface area (Å²) in [5, 5.41) is 3.99. The maximum atomic E-state index is 12.3. The zero-order chi connectivity index (χ0) is 27.9. The van der Waals surface area contributed by atoms with Crippen molar-refractivity contribution in [3.05, 3.63) is 68.1 Å². The Kier molecular flexibility index (Phi) is 9.58. The molecule has 39 heavy (non-hydrogen) atoms. The summed E-state index contributed by atoms with van der Waals surface area (Å²) in [6, 6.07) is 12.9. The number of hydrogen-bond donors (Lipinski definition) is 1. The number of amides is 1. The molecule has 0 saturated heterocycles. The van der Waals surface area contributed by atoms with Crippen molar-refractivity contribution >= 4 is 44.0 Å². The number of halogens is 2. The molecule has 11 heteroatoms. The number of carbonyl (C=O) groups is 1. The van der Waals surface area contributed by atoms with E-state index in [2.05, 4.69) is 42.4 Å². The van der Waals surface area contributed by atoms with Crippen LogP contribution in [0.5, 0.6) is 34.5 Å². The van der Waals surface area contributed by atoms with E-state index in [4.69, 9.17) is 28.4 Å². The Morgan fingerprint density at radius 1 is 0.974 bits per heavy atom. The molecule has 1 N–H and O–H groups in total. The molecule has 3 aromatic rings. The van der Waals surface area contributed by atoms with Crippen LogP contribution in [0.2, 0.25) is 0 Å². The molecule has 1 heterocycles. The minimum absolute atomic E-state index is 0.236. The van der Waals surface area contributed by atoms with Crippen molar-refractivity contribution in [3.63, 3.8) is 0 Å². The highest BCUT2D eigenvalue weighted by Crippen LogP contribution is 2.45. The van der Waals surface area contributed by atoms with Crippen molar-refractivity contribution < 1.29 is 33.2 Å². The molecule has 0 aromatic heterocycles. The Bertz CT molecular complexity index is 1360. The van der Waals surface area contributed by atoms with Crippen LogP contribution in [-0.2, 0) is 11.2 Å². The van der Waals surface area contributed by atoms with E-state index in [0.717, 1.165) is 38.5 Å². The second kappa shape index (κ2) is 13.1. The quantitative estimate of drug-likeness (QED) is 0.215. The maximum absolute atomic E-state index is 12.3. The van der Waals surface area contributed by atoms with E-state index in [1.165, 1.54) is 0 Å². The third-order valence-corrected chi connectivity index (χ3v) is 7.94.